The second kappa shape index (κ2) is 6.61. The fraction of sp³-hybridized carbons (Fsp3) is 0.364. The Labute approximate surface area is 104 Å². The molecule has 1 rings (SSSR count). The molecule has 1 aromatic rings. The minimum Gasteiger partial charge on any atom is -0.495 e. The van der Waals surface area contributed by atoms with Gasteiger partial charge in [0.2, 0.25) is 0 Å². The van der Waals surface area contributed by atoms with Crippen LogP contribution in [0.5, 0.6) is 5.75 Å². The van der Waals surface area contributed by atoms with Gasteiger partial charge in [-0.2, -0.15) is 0 Å². The fourth-order valence-electron chi connectivity index (χ4n) is 1.10. The van der Waals surface area contributed by atoms with Crippen molar-refractivity contribution in [3.8, 4) is 5.75 Å². The molecular weight excluding hydrogens is 251 g/mol. The van der Waals surface area contributed by atoms with Gasteiger partial charge in [0.25, 0.3) is 0 Å². The molecule has 0 aliphatic carbocycles. The van der Waals surface area contributed by atoms with E-state index in [0.717, 1.165) is 0 Å². The van der Waals surface area contributed by atoms with Crippen LogP contribution in [0.1, 0.15) is 16.8 Å². The van der Waals surface area contributed by atoms with E-state index in [2.05, 4.69) is 0 Å². The Balaban J connectivity index is 2.66. The van der Waals surface area contributed by atoms with Crippen LogP contribution in [0, 0.1) is 0 Å². The van der Waals surface area contributed by atoms with Gasteiger partial charge in [0.15, 0.2) is 0 Å². The summed E-state index contributed by atoms with van der Waals surface area (Å²) in [6, 6.07) is 4.75. The number of carbonyl (C=O) groups is 1. The molecule has 0 N–H and O–H groups in total. The van der Waals surface area contributed by atoms with Crippen molar-refractivity contribution in [1.82, 2.24) is 0 Å². The normalized spacial score (nSPS) is 9.94. The van der Waals surface area contributed by atoms with Crippen LogP contribution in [-0.4, -0.2) is 25.6 Å². The fourth-order valence-corrected chi connectivity index (χ4v) is 1.46. The summed E-state index contributed by atoms with van der Waals surface area (Å²) in [7, 11) is 1.51. The molecule has 0 saturated heterocycles. The lowest BCUT2D eigenvalue weighted by Crippen LogP contribution is -2.06. The highest BCUT2D eigenvalue weighted by Crippen LogP contribution is 2.25. The summed E-state index contributed by atoms with van der Waals surface area (Å²) >= 11 is 11.3. The van der Waals surface area contributed by atoms with Crippen LogP contribution in [0.25, 0.3) is 0 Å². The second-order valence-electron chi connectivity index (χ2n) is 3.03. The van der Waals surface area contributed by atoms with Gasteiger partial charge in [0.1, 0.15) is 5.75 Å². The second-order valence-corrected chi connectivity index (χ2v) is 3.81. The van der Waals surface area contributed by atoms with Crippen LogP contribution in [0.15, 0.2) is 18.2 Å². The number of halogens is 2. The Bertz CT molecular complexity index is 366. The summed E-state index contributed by atoms with van der Waals surface area (Å²) in [6.45, 7) is 0.311. The van der Waals surface area contributed by atoms with E-state index in [4.69, 9.17) is 32.7 Å². The molecule has 0 aliphatic rings. The zero-order chi connectivity index (χ0) is 12.0. The number of hydrogen-bond donors (Lipinski definition) is 0. The minimum atomic E-state index is -0.408. The Morgan fingerprint density at radius 3 is 2.75 bits per heavy atom. The average Bonchev–Trinajstić information content (AvgIpc) is 2.29. The van der Waals surface area contributed by atoms with Crippen LogP contribution in [-0.2, 0) is 4.74 Å². The van der Waals surface area contributed by atoms with Gasteiger partial charge in [-0.3, -0.25) is 0 Å². The van der Waals surface area contributed by atoms with E-state index in [9.17, 15) is 4.79 Å². The van der Waals surface area contributed by atoms with Crippen molar-refractivity contribution in [1.29, 1.82) is 0 Å². The van der Waals surface area contributed by atoms with Crippen molar-refractivity contribution in [3.63, 3.8) is 0 Å². The van der Waals surface area contributed by atoms with E-state index in [1.807, 2.05) is 0 Å². The van der Waals surface area contributed by atoms with Crippen molar-refractivity contribution in [2.75, 3.05) is 19.6 Å². The van der Waals surface area contributed by atoms with Gasteiger partial charge in [-0.15, -0.1) is 11.6 Å². The molecule has 3 nitrogen and oxygen atoms in total. The molecule has 0 unspecified atom stereocenters. The lowest BCUT2D eigenvalue weighted by atomic mass is 10.2. The zero-order valence-electron chi connectivity index (χ0n) is 8.83. The molecule has 88 valence electrons. The molecule has 0 atom stereocenters. The molecule has 0 saturated carbocycles. The number of carbonyl (C=O) groups excluding carboxylic acids is 1. The molecule has 0 fully saturated rings. The van der Waals surface area contributed by atoms with Gasteiger partial charge in [-0.25, -0.2) is 4.79 Å². The van der Waals surface area contributed by atoms with Crippen molar-refractivity contribution in [2.45, 2.75) is 6.42 Å². The molecular formula is C11H12Cl2O3. The largest absolute Gasteiger partial charge is 0.495 e. The summed E-state index contributed by atoms with van der Waals surface area (Å²) in [5.41, 5.74) is 0.403. The first kappa shape index (κ1) is 13.1. The maximum absolute atomic E-state index is 11.5. The van der Waals surface area contributed by atoms with Gasteiger partial charge < -0.3 is 9.47 Å². The number of methoxy groups -OCH3 is 1. The monoisotopic (exact) mass is 262 g/mol. The Morgan fingerprint density at radius 2 is 2.19 bits per heavy atom. The third-order valence-corrected chi connectivity index (χ3v) is 2.46. The Morgan fingerprint density at radius 1 is 1.44 bits per heavy atom. The van der Waals surface area contributed by atoms with Crippen LogP contribution in [0.3, 0.4) is 0 Å². The SMILES string of the molecule is COc1ccc(C(=O)OCCCCl)cc1Cl. The first-order valence-corrected chi connectivity index (χ1v) is 5.67. The number of ether oxygens (including phenoxy) is 2. The number of alkyl halides is 1. The molecule has 0 aromatic heterocycles. The predicted molar refractivity (Wildman–Crippen MR) is 63.6 cm³/mol. The maximum Gasteiger partial charge on any atom is 0.338 e. The van der Waals surface area contributed by atoms with Crippen molar-refractivity contribution >= 4 is 29.2 Å². The van der Waals surface area contributed by atoms with Crippen LogP contribution >= 0.6 is 23.2 Å². The molecule has 1 aromatic carbocycles. The third kappa shape index (κ3) is 3.58. The van der Waals surface area contributed by atoms with Gasteiger partial charge in [0.05, 0.1) is 24.3 Å². The highest BCUT2D eigenvalue weighted by atomic mass is 35.5. The zero-order valence-corrected chi connectivity index (χ0v) is 10.3. The van der Waals surface area contributed by atoms with Gasteiger partial charge >= 0.3 is 5.97 Å². The van der Waals surface area contributed by atoms with E-state index in [0.29, 0.717) is 35.2 Å². The summed E-state index contributed by atoms with van der Waals surface area (Å²) < 4.78 is 9.95. The Hall–Kier alpha value is -0.930. The third-order valence-electron chi connectivity index (χ3n) is 1.90. The highest BCUT2D eigenvalue weighted by molar-refractivity contribution is 6.32. The van der Waals surface area contributed by atoms with E-state index >= 15 is 0 Å². The molecule has 0 amide bonds. The van der Waals surface area contributed by atoms with E-state index in [1.54, 1.807) is 12.1 Å². The molecule has 5 heteroatoms. The number of rotatable bonds is 5. The highest BCUT2D eigenvalue weighted by Gasteiger charge is 2.09. The van der Waals surface area contributed by atoms with E-state index < -0.39 is 5.97 Å². The lowest BCUT2D eigenvalue weighted by molar-refractivity contribution is 0.0506. The first-order valence-electron chi connectivity index (χ1n) is 4.75. The van der Waals surface area contributed by atoms with Gasteiger partial charge in [-0.1, -0.05) is 11.6 Å². The standard InChI is InChI=1S/C11H12Cl2O3/c1-15-10-4-3-8(7-9(10)13)11(14)16-6-2-5-12/h3-4,7H,2,5-6H2,1H3. The summed E-state index contributed by atoms with van der Waals surface area (Å²) in [4.78, 5) is 11.5. The minimum absolute atomic E-state index is 0.311. The number of hydrogen-bond acceptors (Lipinski definition) is 3. The predicted octanol–water partition coefficient (Wildman–Crippen LogP) is 3.13. The van der Waals surface area contributed by atoms with Crippen LogP contribution in [0.2, 0.25) is 5.02 Å². The molecule has 0 aliphatic heterocycles. The van der Waals surface area contributed by atoms with Crippen LogP contribution in [0.4, 0.5) is 0 Å². The van der Waals surface area contributed by atoms with Crippen molar-refractivity contribution < 1.29 is 14.3 Å². The quantitative estimate of drug-likeness (QED) is 0.465. The number of benzene rings is 1. The molecule has 0 bridgehead atoms. The van der Waals surface area contributed by atoms with Crippen molar-refractivity contribution in [3.05, 3.63) is 28.8 Å². The molecule has 0 heterocycles. The summed E-state index contributed by atoms with van der Waals surface area (Å²) in [5, 5.41) is 0.384. The smallest absolute Gasteiger partial charge is 0.338 e. The summed E-state index contributed by atoms with van der Waals surface area (Å²) in [5.74, 6) is 0.588. The molecule has 0 radical (unpaired) electrons. The summed E-state index contributed by atoms with van der Waals surface area (Å²) in [6.07, 6.45) is 0.636. The van der Waals surface area contributed by atoms with Crippen LogP contribution < -0.4 is 4.74 Å². The van der Waals surface area contributed by atoms with Crippen molar-refractivity contribution in [2.24, 2.45) is 0 Å². The average molecular weight is 263 g/mol. The van der Waals surface area contributed by atoms with E-state index in [1.165, 1.54) is 13.2 Å². The lowest BCUT2D eigenvalue weighted by Gasteiger charge is -2.06. The van der Waals surface area contributed by atoms with Gasteiger partial charge in [-0.05, 0) is 24.6 Å². The van der Waals surface area contributed by atoms with E-state index in [-0.39, 0.29) is 0 Å². The number of esters is 1. The Kier molecular flexibility index (Phi) is 5.43. The molecule has 0 spiro atoms. The van der Waals surface area contributed by atoms with Gasteiger partial charge in [0, 0.05) is 5.88 Å². The topological polar surface area (TPSA) is 35.5 Å². The molecule has 16 heavy (non-hydrogen) atoms. The first-order chi connectivity index (χ1) is 7.69. The maximum atomic E-state index is 11.5.